The number of piperazine rings is 1. The number of hydrogen-bond acceptors (Lipinski definition) is 7. The number of benzene rings is 1. The van der Waals surface area contributed by atoms with Crippen LogP contribution in [-0.4, -0.2) is 85.4 Å². The van der Waals surface area contributed by atoms with Crippen molar-refractivity contribution >= 4 is 39.6 Å². The maximum absolute atomic E-state index is 13.0. The molecule has 0 spiro atoms. The van der Waals surface area contributed by atoms with E-state index in [1.807, 2.05) is 13.0 Å². The van der Waals surface area contributed by atoms with Gasteiger partial charge >= 0.3 is 5.97 Å². The normalized spacial score (nSPS) is 19.0. The van der Waals surface area contributed by atoms with E-state index in [-0.39, 0.29) is 61.8 Å². The number of sulfonamides is 1. The molecule has 2 aliphatic heterocycles. The topological polar surface area (TPSA) is 104 Å². The lowest BCUT2D eigenvalue weighted by Crippen LogP contribution is -2.52. The first kappa shape index (κ1) is 24.3. The van der Waals surface area contributed by atoms with E-state index < -0.39 is 16.0 Å². The van der Waals surface area contributed by atoms with Gasteiger partial charge in [-0.1, -0.05) is 29.5 Å². The molecule has 2 heterocycles. The van der Waals surface area contributed by atoms with Crippen molar-refractivity contribution in [3.05, 3.63) is 40.4 Å². The number of carbonyl (C=O) groups is 3. The predicted octanol–water partition coefficient (Wildman–Crippen LogP) is 1.12. The van der Waals surface area contributed by atoms with Gasteiger partial charge in [-0.2, -0.15) is 4.31 Å². The van der Waals surface area contributed by atoms with Gasteiger partial charge in [-0.15, -0.1) is 0 Å². The highest BCUT2D eigenvalue weighted by Gasteiger charge is 2.34. The lowest BCUT2D eigenvalue weighted by molar-refractivity contribution is -0.139. The summed E-state index contributed by atoms with van der Waals surface area (Å²) in [6.45, 7) is 6.20. The van der Waals surface area contributed by atoms with Crippen LogP contribution in [0.1, 0.15) is 18.1 Å². The van der Waals surface area contributed by atoms with Crippen LogP contribution in [0.15, 0.2) is 34.2 Å². The van der Waals surface area contributed by atoms with Gasteiger partial charge in [0, 0.05) is 26.2 Å². The zero-order valence-electron chi connectivity index (χ0n) is 18.4. The molecule has 1 aromatic carbocycles. The number of ether oxygens (including phenoxy) is 1. The van der Waals surface area contributed by atoms with Gasteiger partial charge in [-0.3, -0.25) is 14.5 Å². The number of thioether (sulfide) groups is 1. The fourth-order valence-electron chi connectivity index (χ4n) is 3.63. The standard InChI is InChI=1S/C21H27N3O6S2/c1-4-30-21(27)12-20-24(19(26)14-31-20)13-18(25)22-7-9-23(10-8-22)32(28,29)17-6-5-15(2)11-16(17)3/h5-6,11-12H,4,7-10,13-14H2,1-3H3/b20-12+. The Kier molecular flexibility index (Phi) is 7.63. The van der Waals surface area contributed by atoms with E-state index in [9.17, 15) is 22.8 Å². The summed E-state index contributed by atoms with van der Waals surface area (Å²) >= 11 is 1.18. The first-order chi connectivity index (χ1) is 15.1. The predicted molar refractivity (Wildman–Crippen MR) is 120 cm³/mol. The van der Waals surface area contributed by atoms with Crippen LogP contribution in [0.2, 0.25) is 0 Å². The molecule has 0 aromatic heterocycles. The molecule has 0 bridgehead atoms. The molecule has 0 atom stereocenters. The van der Waals surface area contributed by atoms with Crippen LogP contribution in [0.3, 0.4) is 0 Å². The molecule has 32 heavy (non-hydrogen) atoms. The summed E-state index contributed by atoms with van der Waals surface area (Å²) < 4.78 is 32.3. The van der Waals surface area contributed by atoms with Crippen molar-refractivity contribution < 1.29 is 27.5 Å². The van der Waals surface area contributed by atoms with Gasteiger partial charge < -0.3 is 9.64 Å². The van der Waals surface area contributed by atoms with E-state index in [0.29, 0.717) is 10.6 Å². The van der Waals surface area contributed by atoms with Gasteiger partial charge in [0.05, 0.1) is 28.4 Å². The van der Waals surface area contributed by atoms with E-state index in [1.165, 1.54) is 27.0 Å². The first-order valence-electron chi connectivity index (χ1n) is 10.3. The Morgan fingerprint density at radius 2 is 1.84 bits per heavy atom. The smallest absolute Gasteiger partial charge is 0.333 e. The third-order valence-electron chi connectivity index (χ3n) is 5.27. The van der Waals surface area contributed by atoms with Crippen molar-refractivity contribution in [1.29, 1.82) is 0 Å². The summed E-state index contributed by atoms with van der Waals surface area (Å²) in [5.41, 5.74) is 1.68. The van der Waals surface area contributed by atoms with Crippen molar-refractivity contribution in [2.75, 3.05) is 45.1 Å². The van der Waals surface area contributed by atoms with Crippen molar-refractivity contribution in [1.82, 2.24) is 14.1 Å². The van der Waals surface area contributed by atoms with Gasteiger partial charge in [0.15, 0.2) is 0 Å². The van der Waals surface area contributed by atoms with Crippen molar-refractivity contribution in [2.45, 2.75) is 25.7 Å². The minimum absolute atomic E-state index is 0.153. The van der Waals surface area contributed by atoms with Crippen LogP contribution >= 0.6 is 11.8 Å². The third kappa shape index (κ3) is 5.33. The maximum atomic E-state index is 13.0. The second-order valence-corrected chi connectivity index (χ2v) is 10.5. The average Bonchev–Trinajstić information content (AvgIpc) is 3.07. The van der Waals surface area contributed by atoms with Crippen LogP contribution in [0.5, 0.6) is 0 Å². The summed E-state index contributed by atoms with van der Waals surface area (Å²) in [6, 6.07) is 5.22. The van der Waals surface area contributed by atoms with Crippen molar-refractivity contribution in [3.8, 4) is 0 Å². The number of amides is 2. The number of rotatable bonds is 6. The Labute approximate surface area is 192 Å². The molecule has 3 rings (SSSR count). The molecule has 0 radical (unpaired) electrons. The summed E-state index contributed by atoms with van der Waals surface area (Å²) in [5, 5.41) is 0.387. The van der Waals surface area contributed by atoms with E-state index >= 15 is 0 Å². The summed E-state index contributed by atoms with van der Waals surface area (Å²) in [5.74, 6) is -0.957. The Hall–Kier alpha value is -2.37. The van der Waals surface area contributed by atoms with Gasteiger partial charge in [-0.25, -0.2) is 13.2 Å². The minimum Gasteiger partial charge on any atom is -0.463 e. The minimum atomic E-state index is -3.65. The van der Waals surface area contributed by atoms with Crippen LogP contribution < -0.4 is 0 Å². The van der Waals surface area contributed by atoms with Crippen LogP contribution in [-0.2, 0) is 29.1 Å². The molecule has 2 aliphatic rings. The second kappa shape index (κ2) is 10.1. The Bertz CT molecular complexity index is 1050. The van der Waals surface area contributed by atoms with Crippen molar-refractivity contribution in [2.24, 2.45) is 0 Å². The third-order valence-corrected chi connectivity index (χ3v) is 8.36. The SMILES string of the molecule is CCOC(=O)/C=C1/SCC(=O)N1CC(=O)N1CCN(S(=O)(=O)c2ccc(C)cc2C)CC1. The molecule has 0 unspecified atom stereocenters. The summed E-state index contributed by atoms with van der Waals surface area (Å²) in [7, 11) is -3.65. The highest BCUT2D eigenvalue weighted by Crippen LogP contribution is 2.29. The lowest BCUT2D eigenvalue weighted by atomic mass is 10.2. The number of esters is 1. The van der Waals surface area contributed by atoms with E-state index in [2.05, 4.69) is 0 Å². The van der Waals surface area contributed by atoms with Crippen LogP contribution in [0, 0.1) is 13.8 Å². The zero-order valence-corrected chi connectivity index (χ0v) is 20.0. The first-order valence-corrected chi connectivity index (χ1v) is 12.7. The van der Waals surface area contributed by atoms with E-state index in [1.54, 1.807) is 30.9 Å². The molecule has 0 saturated carbocycles. The average molecular weight is 482 g/mol. The van der Waals surface area contributed by atoms with E-state index in [4.69, 9.17) is 4.74 Å². The Morgan fingerprint density at radius 3 is 2.47 bits per heavy atom. The number of aryl methyl sites for hydroxylation is 2. The van der Waals surface area contributed by atoms with Gasteiger partial charge in [-0.05, 0) is 32.4 Å². The quantitative estimate of drug-likeness (QED) is 0.443. The van der Waals surface area contributed by atoms with Crippen LogP contribution in [0.4, 0.5) is 0 Å². The molecule has 2 amide bonds. The van der Waals surface area contributed by atoms with Gasteiger partial charge in [0.2, 0.25) is 21.8 Å². The monoisotopic (exact) mass is 481 g/mol. The maximum Gasteiger partial charge on any atom is 0.333 e. The molecular formula is C21H27N3O6S2. The number of hydrogen-bond donors (Lipinski definition) is 0. The van der Waals surface area contributed by atoms with E-state index in [0.717, 1.165) is 5.56 Å². The lowest BCUT2D eigenvalue weighted by Gasteiger charge is -2.35. The fourth-order valence-corrected chi connectivity index (χ4v) is 6.18. The number of carbonyl (C=O) groups excluding carboxylic acids is 3. The molecule has 0 N–H and O–H groups in total. The summed E-state index contributed by atoms with van der Waals surface area (Å²) in [4.78, 5) is 39.8. The molecule has 2 saturated heterocycles. The highest BCUT2D eigenvalue weighted by atomic mass is 32.2. The van der Waals surface area contributed by atoms with Gasteiger partial charge in [0.25, 0.3) is 0 Å². The molecule has 0 aliphatic carbocycles. The molecule has 2 fully saturated rings. The number of nitrogens with zero attached hydrogens (tertiary/aromatic N) is 3. The molecular weight excluding hydrogens is 454 g/mol. The van der Waals surface area contributed by atoms with Gasteiger partial charge in [0.1, 0.15) is 6.54 Å². The molecule has 174 valence electrons. The molecule has 11 heteroatoms. The fraction of sp³-hybridized carbons (Fsp3) is 0.476. The summed E-state index contributed by atoms with van der Waals surface area (Å²) in [6.07, 6.45) is 1.22. The Morgan fingerprint density at radius 1 is 1.16 bits per heavy atom. The second-order valence-electron chi connectivity index (χ2n) is 7.56. The Balaban J connectivity index is 1.63. The van der Waals surface area contributed by atoms with Crippen molar-refractivity contribution in [3.63, 3.8) is 0 Å². The highest BCUT2D eigenvalue weighted by molar-refractivity contribution is 8.04. The van der Waals surface area contributed by atoms with Crippen LogP contribution in [0.25, 0.3) is 0 Å². The molecule has 1 aromatic rings. The molecule has 9 nitrogen and oxygen atoms in total. The largest absolute Gasteiger partial charge is 0.463 e. The zero-order chi connectivity index (χ0) is 23.5.